The first kappa shape index (κ1) is 24.2. The molecule has 1 aliphatic heterocycles. The zero-order valence-corrected chi connectivity index (χ0v) is 21.3. The number of ether oxygens (including phenoxy) is 3. The Morgan fingerprint density at radius 1 is 1.15 bits per heavy atom. The largest absolute Gasteiger partial charge is 0.490 e. The second kappa shape index (κ2) is 10.6. The highest BCUT2D eigenvalue weighted by molar-refractivity contribution is 14.1. The summed E-state index contributed by atoms with van der Waals surface area (Å²) in [5.41, 5.74) is 3.20. The molecule has 1 aliphatic rings. The fraction of sp³-hybridized carbons (Fsp3) is 0.154. The van der Waals surface area contributed by atoms with Gasteiger partial charge in [-0.15, -0.1) is 0 Å². The molecular weight excluding hydrogens is 572 g/mol. The van der Waals surface area contributed by atoms with E-state index < -0.39 is 5.97 Å². The van der Waals surface area contributed by atoms with Crippen molar-refractivity contribution in [1.29, 1.82) is 0 Å². The molecule has 0 bridgehead atoms. The van der Waals surface area contributed by atoms with Gasteiger partial charge < -0.3 is 14.2 Å². The van der Waals surface area contributed by atoms with Gasteiger partial charge in [-0.2, -0.15) is 0 Å². The van der Waals surface area contributed by atoms with E-state index in [0.717, 1.165) is 14.7 Å². The zero-order chi connectivity index (χ0) is 24.2. The van der Waals surface area contributed by atoms with Crippen LogP contribution in [0.15, 0.2) is 65.3 Å². The SMILES string of the molecule is CCOc1cc(/C=C2\N=C(c3ccc(I)c(C)c3)OC2=O)cc(Cl)c1OCc1cccc(F)c1. The third-order valence-electron chi connectivity index (χ3n) is 4.93. The minimum absolute atomic E-state index is 0.118. The zero-order valence-electron chi connectivity index (χ0n) is 18.4. The molecule has 0 aromatic heterocycles. The highest BCUT2D eigenvalue weighted by Gasteiger charge is 2.25. The Kier molecular flexibility index (Phi) is 7.53. The van der Waals surface area contributed by atoms with Crippen molar-refractivity contribution in [3.05, 3.63) is 97.0 Å². The molecule has 0 radical (unpaired) electrons. The second-order valence-corrected chi connectivity index (χ2v) is 9.05. The van der Waals surface area contributed by atoms with Crippen LogP contribution in [-0.2, 0) is 16.1 Å². The highest BCUT2D eigenvalue weighted by atomic mass is 127. The van der Waals surface area contributed by atoms with Crippen molar-refractivity contribution in [2.75, 3.05) is 6.61 Å². The van der Waals surface area contributed by atoms with Crippen molar-refractivity contribution in [3.8, 4) is 11.5 Å². The van der Waals surface area contributed by atoms with Crippen molar-refractivity contribution in [3.63, 3.8) is 0 Å². The summed E-state index contributed by atoms with van der Waals surface area (Å²) in [5.74, 6) is 0.0983. The van der Waals surface area contributed by atoms with Crippen molar-refractivity contribution >= 4 is 52.1 Å². The van der Waals surface area contributed by atoms with Crippen LogP contribution in [0.4, 0.5) is 4.39 Å². The Morgan fingerprint density at radius 2 is 1.97 bits per heavy atom. The van der Waals surface area contributed by atoms with E-state index in [-0.39, 0.29) is 29.0 Å². The summed E-state index contributed by atoms with van der Waals surface area (Å²) < 4.78 is 31.5. The van der Waals surface area contributed by atoms with Gasteiger partial charge in [-0.25, -0.2) is 14.2 Å². The third-order valence-corrected chi connectivity index (χ3v) is 6.42. The Balaban J connectivity index is 1.61. The number of benzene rings is 3. The topological polar surface area (TPSA) is 57.1 Å². The van der Waals surface area contributed by atoms with Crippen LogP contribution in [0, 0.1) is 16.3 Å². The highest BCUT2D eigenvalue weighted by Crippen LogP contribution is 2.38. The van der Waals surface area contributed by atoms with Crippen LogP contribution in [0.1, 0.15) is 29.2 Å². The molecule has 174 valence electrons. The number of esters is 1. The summed E-state index contributed by atoms with van der Waals surface area (Å²) in [5, 5.41) is 0.290. The van der Waals surface area contributed by atoms with E-state index in [1.165, 1.54) is 12.1 Å². The summed E-state index contributed by atoms with van der Waals surface area (Å²) in [4.78, 5) is 16.8. The van der Waals surface area contributed by atoms with E-state index in [4.69, 9.17) is 25.8 Å². The van der Waals surface area contributed by atoms with Crippen molar-refractivity contribution in [1.82, 2.24) is 0 Å². The fourth-order valence-electron chi connectivity index (χ4n) is 3.32. The molecule has 34 heavy (non-hydrogen) atoms. The normalized spacial score (nSPS) is 14.2. The molecule has 0 saturated heterocycles. The number of aliphatic imine (C=N–C) groups is 1. The van der Waals surface area contributed by atoms with Gasteiger partial charge in [0.2, 0.25) is 5.90 Å². The maximum atomic E-state index is 13.5. The number of cyclic esters (lactones) is 1. The fourth-order valence-corrected chi connectivity index (χ4v) is 3.93. The molecule has 0 spiro atoms. The van der Waals surface area contributed by atoms with Crippen molar-refractivity contribution < 1.29 is 23.4 Å². The molecule has 0 atom stereocenters. The van der Waals surface area contributed by atoms with Crippen molar-refractivity contribution in [2.45, 2.75) is 20.5 Å². The molecule has 0 aliphatic carbocycles. The molecule has 8 heteroatoms. The van der Waals surface area contributed by atoms with Crippen LogP contribution in [0.2, 0.25) is 5.02 Å². The summed E-state index contributed by atoms with van der Waals surface area (Å²) in [6.45, 7) is 4.31. The van der Waals surface area contributed by atoms with Gasteiger partial charge in [0.05, 0.1) is 11.6 Å². The molecule has 5 nitrogen and oxygen atoms in total. The van der Waals surface area contributed by atoms with Gasteiger partial charge in [-0.05, 0) is 102 Å². The number of rotatable bonds is 7. The minimum atomic E-state index is -0.549. The van der Waals surface area contributed by atoms with E-state index >= 15 is 0 Å². The predicted octanol–water partition coefficient (Wildman–Crippen LogP) is 6.71. The first-order valence-corrected chi connectivity index (χ1v) is 11.9. The molecule has 0 unspecified atom stereocenters. The smallest absolute Gasteiger partial charge is 0.363 e. The average Bonchev–Trinajstić information content (AvgIpc) is 3.15. The molecule has 0 fully saturated rings. The maximum Gasteiger partial charge on any atom is 0.363 e. The molecule has 1 heterocycles. The summed E-state index contributed by atoms with van der Waals surface area (Å²) in [7, 11) is 0. The van der Waals surface area contributed by atoms with Crippen LogP contribution >= 0.6 is 34.2 Å². The van der Waals surface area contributed by atoms with Gasteiger partial charge in [0, 0.05) is 9.13 Å². The molecule has 3 aromatic carbocycles. The minimum Gasteiger partial charge on any atom is -0.490 e. The van der Waals surface area contributed by atoms with E-state index in [1.54, 1.807) is 30.3 Å². The Bertz CT molecular complexity index is 1320. The number of carbonyl (C=O) groups excluding carboxylic acids is 1. The number of hydrogen-bond donors (Lipinski definition) is 0. The summed E-state index contributed by atoms with van der Waals surface area (Å²) >= 11 is 8.73. The van der Waals surface area contributed by atoms with Crippen LogP contribution in [0.5, 0.6) is 11.5 Å². The maximum absolute atomic E-state index is 13.5. The molecule has 0 saturated carbocycles. The van der Waals surface area contributed by atoms with Gasteiger partial charge in [-0.3, -0.25) is 0 Å². The van der Waals surface area contributed by atoms with Gasteiger partial charge in [-0.1, -0.05) is 23.7 Å². The quantitative estimate of drug-likeness (QED) is 0.174. The monoisotopic (exact) mass is 591 g/mol. The van der Waals surface area contributed by atoms with Gasteiger partial charge in [0.25, 0.3) is 0 Å². The van der Waals surface area contributed by atoms with Gasteiger partial charge in [0.15, 0.2) is 17.2 Å². The Morgan fingerprint density at radius 3 is 2.71 bits per heavy atom. The van der Waals surface area contributed by atoms with Crippen molar-refractivity contribution in [2.24, 2.45) is 4.99 Å². The number of aryl methyl sites for hydroxylation is 1. The van der Waals surface area contributed by atoms with E-state index in [0.29, 0.717) is 29.2 Å². The van der Waals surface area contributed by atoms with E-state index in [9.17, 15) is 9.18 Å². The molecule has 4 rings (SSSR count). The first-order chi connectivity index (χ1) is 16.3. The van der Waals surface area contributed by atoms with E-state index in [2.05, 4.69) is 27.6 Å². The number of hydrogen-bond acceptors (Lipinski definition) is 5. The number of nitrogens with zero attached hydrogens (tertiary/aromatic N) is 1. The summed E-state index contributed by atoms with van der Waals surface area (Å²) in [6.07, 6.45) is 1.58. The van der Waals surface area contributed by atoms with Gasteiger partial charge >= 0.3 is 5.97 Å². The molecular formula is C26H20ClFINO4. The second-order valence-electron chi connectivity index (χ2n) is 7.48. The van der Waals surface area contributed by atoms with E-state index in [1.807, 2.05) is 32.0 Å². The lowest BCUT2D eigenvalue weighted by molar-refractivity contribution is -0.129. The lowest BCUT2D eigenvalue weighted by Gasteiger charge is -2.14. The summed E-state index contributed by atoms with van der Waals surface area (Å²) in [6, 6.07) is 15.2. The predicted molar refractivity (Wildman–Crippen MR) is 138 cm³/mol. The van der Waals surface area contributed by atoms with Gasteiger partial charge in [0.1, 0.15) is 12.4 Å². The average molecular weight is 592 g/mol. The van der Waals surface area contributed by atoms with Crippen LogP contribution in [-0.4, -0.2) is 18.5 Å². The molecule has 0 amide bonds. The van der Waals surface area contributed by atoms with Crippen LogP contribution < -0.4 is 9.47 Å². The lowest BCUT2D eigenvalue weighted by atomic mass is 10.1. The lowest BCUT2D eigenvalue weighted by Crippen LogP contribution is -2.05. The van der Waals surface area contributed by atoms with Crippen LogP contribution in [0.3, 0.4) is 0 Å². The third kappa shape index (κ3) is 5.59. The molecule has 3 aromatic rings. The number of carbonyl (C=O) groups is 1. The standard InChI is InChI=1S/C26H20ClFINO4/c1-3-32-23-13-17(11-20(27)24(23)33-14-16-5-4-6-19(28)10-16)12-22-26(31)34-25(30-22)18-7-8-21(29)15(2)9-18/h4-13H,3,14H2,1-2H3/b22-12-. The van der Waals surface area contributed by atoms with Crippen LogP contribution in [0.25, 0.3) is 6.08 Å². The number of halogens is 3. The Hall–Kier alpha value is -2.91. The molecule has 0 N–H and O–H groups in total. The first-order valence-electron chi connectivity index (χ1n) is 10.5. The Labute approximate surface area is 215 Å².